The second-order valence-electron chi connectivity index (χ2n) is 3.26. The van der Waals surface area contributed by atoms with Gasteiger partial charge < -0.3 is 4.74 Å². The van der Waals surface area contributed by atoms with Crippen LogP contribution in [0.5, 0.6) is 0 Å². The molecule has 2 nitrogen and oxygen atoms in total. The van der Waals surface area contributed by atoms with Crippen LogP contribution in [0.15, 0.2) is 6.07 Å². The number of hydrogen-bond acceptors (Lipinski definition) is 2. The molecule has 0 atom stereocenters. The minimum absolute atomic E-state index is 0.160. The minimum atomic E-state index is -1.87. The lowest BCUT2D eigenvalue weighted by molar-refractivity contribution is -0.143. The molecule has 0 saturated heterocycles. The summed E-state index contributed by atoms with van der Waals surface area (Å²) in [5, 5.41) is 0. The van der Waals surface area contributed by atoms with Gasteiger partial charge in [-0.15, -0.1) is 0 Å². The summed E-state index contributed by atoms with van der Waals surface area (Å²) in [6.07, 6.45) is -0.478. The van der Waals surface area contributed by atoms with E-state index in [1.807, 2.05) is 0 Å². The van der Waals surface area contributed by atoms with Crippen LogP contribution in [-0.2, 0) is 16.0 Å². The number of hydrogen-bond donors (Lipinski definition) is 0. The summed E-state index contributed by atoms with van der Waals surface area (Å²) in [5.74, 6) is -7.31. The Morgan fingerprint density at radius 1 is 1.18 bits per heavy atom. The summed E-state index contributed by atoms with van der Waals surface area (Å²) in [6, 6.07) is 0.535. The molecule has 0 aliphatic carbocycles. The number of aryl methyl sites for hydroxylation is 1. The number of esters is 1. The average molecular weight is 250 g/mol. The summed E-state index contributed by atoms with van der Waals surface area (Å²) in [5.41, 5.74) is -0.394. The molecule has 0 fully saturated rings. The molecule has 0 aliphatic heterocycles. The summed E-state index contributed by atoms with van der Waals surface area (Å²) >= 11 is 0. The molecule has 0 saturated carbocycles. The van der Waals surface area contributed by atoms with E-state index in [-0.39, 0.29) is 19.4 Å². The maximum atomic E-state index is 13.1. The number of ether oxygens (including phenoxy) is 1. The van der Waals surface area contributed by atoms with Crippen LogP contribution in [0, 0.1) is 23.3 Å². The summed E-state index contributed by atoms with van der Waals surface area (Å²) in [4.78, 5) is 11.0. The van der Waals surface area contributed by atoms with Crippen molar-refractivity contribution < 1.29 is 27.1 Å². The molecular formula is C11H10F4O2. The molecule has 1 rings (SSSR count). The molecule has 1 aromatic rings. The number of rotatable bonds is 4. The van der Waals surface area contributed by atoms with E-state index in [0.29, 0.717) is 6.07 Å². The molecule has 0 unspecified atom stereocenters. The summed E-state index contributed by atoms with van der Waals surface area (Å²) in [6.45, 7) is 1.75. The monoisotopic (exact) mass is 250 g/mol. The first-order valence-corrected chi connectivity index (χ1v) is 4.94. The van der Waals surface area contributed by atoms with Gasteiger partial charge in [0.15, 0.2) is 23.3 Å². The van der Waals surface area contributed by atoms with Gasteiger partial charge in [0.2, 0.25) is 0 Å². The first kappa shape index (κ1) is 13.5. The Kier molecular flexibility index (Phi) is 4.48. The molecule has 0 spiro atoms. The van der Waals surface area contributed by atoms with Gasteiger partial charge in [0.05, 0.1) is 6.61 Å². The molecule has 94 valence electrons. The van der Waals surface area contributed by atoms with Crippen LogP contribution < -0.4 is 0 Å². The lowest BCUT2D eigenvalue weighted by Gasteiger charge is -2.05. The Balaban J connectivity index is 2.82. The van der Waals surface area contributed by atoms with Crippen LogP contribution >= 0.6 is 0 Å². The number of halogens is 4. The first-order valence-electron chi connectivity index (χ1n) is 4.94. The van der Waals surface area contributed by atoms with Crippen molar-refractivity contribution in [1.82, 2.24) is 0 Å². The van der Waals surface area contributed by atoms with Gasteiger partial charge in [0.25, 0.3) is 0 Å². The van der Waals surface area contributed by atoms with Crippen molar-refractivity contribution in [2.45, 2.75) is 19.8 Å². The van der Waals surface area contributed by atoms with Crippen molar-refractivity contribution in [1.29, 1.82) is 0 Å². The Hall–Kier alpha value is -1.59. The molecular weight excluding hydrogens is 240 g/mol. The van der Waals surface area contributed by atoms with Crippen LogP contribution in [0.1, 0.15) is 18.9 Å². The fourth-order valence-electron chi connectivity index (χ4n) is 1.27. The van der Waals surface area contributed by atoms with Crippen LogP contribution in [0.4, 0.5) is 17.6 Å². The van der Waals surface area contributed by atoms with Crippen molar-refractivity contribution in [2.75, 3.05) is 6.61 Å². The lowest BCUT2D eigenvalue weighted by atomic mass is 10.1. The van der Waals surface area contributed by atoms with E-state index in [1.165, 1.54) is 0 Å². The van der Waals surface area contributed by atoms with E-state index in [2.05, 4.69) is 4.74 Å². The Morgan fingerprint density at radius 3 is 2.41 bits per heavy atom. The van der Waals surface area contributed by atoms with Gasteiger partial charge in [0, 0.05) is 6.42 Å². The van der Waals surface area contributed by atoms with E-state index in [0.717, 1.165) is 0 Å². The standard InChI is InChI=1S/C11H10F4O2/c1-2-17-8(16)4-3-6-5-7(12)10(14)11(15)9(6)13/h5H,2-4H2,1H3. The summed E-state index contributed by atoms with van der Waals surface area (Å²) < 4.78 is 55.9. The van der Waals surface area contributed by atoms with Crippen LogP contribution in [0.3, 0.4) is 0 Å². The van der Waals surface area contributed by atoms with Crippen molar-refractivity contribution in [2.24, 2.45) is 0 Å². The van der Waals surface area contributed by atoms with E-state index >= 15 is 0 Å². The fourth-order valence-corrected chi connectivity index (χ4v) is 1.27. The molecule has 0 N–H and O–H groups in total. The predicted molar refractivity (Wildman–Crippen MR) is 51.2 cm³/mol. The van der Waals surface area contributed by atoms with Crippen molar-refractivity contribution in [3.05, 3.63) is 34.9 Å². The van der Waals surface area contributed by atoms with Gasteiger partial charge >= 0.3 is 5.97 Å². The molecule has 0 aromatic heterocycles. The third-order valence-corrected chi connectivity index (χ3v) is 2.08. The van der Waals surface area contributed by atoms with Crippen molar-refractivity contribution in [3.8, 4) is 0 Å². The maximum Gasteiger partial charge on any atom is 0.306 e. The van der Waals surface area contributed by atoms with Gasteiger partial charge in [-0.2, -0.15) is 0 Å². The van der Waals surface area contributed by atoms with Crippen molar-refractivity contribution >= 4 is 5.97 Å². The second-order valence-corrected chi connectivity index (χ2v) is 3.26. The maximum absolute atomic E-state index is 13.1. The van der Waals surface area contributed by atoms with Crippen molar-refractivity contribution in [3.63, 3.8) is 0 Å². The Labute approximate surface area is 95.2 Å². The van der Waals surface area contributed by atoms with Gasteiger partial charge in [-0.05, 0) is 25.0 Å². The average Bonchev–Trinajstić information content (AvgIpc) is 2.30. The van der Waals surface area contributed by atoms with Crippen LogP contribution in [0.2, 0.25) is 0 Å². The Bertz CT molecular complexity index is 432. The smallest absolute Gasteiger partial charge is 0.306 e. The normalized spacial score (nSPS) is 10.4. The van der Waals surface area contributed by atoms with Crippen LogP contribution in [-0.4, -0.2) is 12.6 Å². The van der Waals surface area contributed by atoms with E-state index in [9.17, 15) is 22.4 Å². The zero-order valence-electron chi connectivity index (χ0n) is 9.03. The van der Waals surface area contributed by atoms with Gasteiger partial charge in [0.1, 0.15) is 0 Å². The van der Waals surface area contributed by atoms with E-state index in [4.69, 9.17) is 0 Å². The molecule has 0 amide bonds. The highest BCUT2D eigenvalue weighted by molar-refractivity contribution is 5.69. The molecule has 0 bridgehead atoms. The minimum Gasteiger partial charge on any atom is -0.466 e. The largest absolute Gasteiger partial charge is 0.466 e. The lowest BCUT2D eigenvalue weighted by Crippen LogP contribution is -2.08. The molecule has 0 heterocycles. The van der Waals surface area contributed by atoms with Crippen LogP contribution in [0.25, 0.3) is 0 Å². The quantitative estimate of drug-likeness (QED) is 0.355. The topological polar surface area (TPSA) is 26.3 Å². The highest BCUT2D eigenvalue weighted by Gasteiger charge is 2.19. The van der Waals surface area contributed by atoms with E-state index < -0.39 is 34.8 Å². The molecule has 17 heavy (non-hydrogen) atoms. The van der Waals surface area contributed by atoms with Gasteiger partial charge in [-0.3, -0.25) is 4.79 Å². The zero-order valence-corrected chi connectivity index (χ0v) is 9.03. The number of carbonyl (C=O) groups excluding carboxylic acids is 1. The second kappa shape index (κ2) is 5.65. The van der Waals surface area contributed by atoms with Gasteiger partial charge in [-0.1, -0.05) is 0 Å². The Morgan fingerprint density at radius 2 is 1.82 bits per heavy atom. The third kappa shape index (κ3) is 3.18. The highest BCUT2D eigenvalue weighted by Crippen LogP contribution is 2.19. The highest BCUT2D eigenvalue weighted by atomic mass is 19.2. The third-order valence-electron chi connectivity index (χ3n) is 2.08. The van der Waals surface area contributed by atoms with E-state index in [1.54, 1.807) is 6.92 Å². The first-order chi connectivity index (χ1) is 7.97. The number of carbonyl (C=O) groups is 1. The van der Waals surface area contributed by atoms with Gasteiger partial charge in [-0.25, -0.2) is 17.6 Å². The molecule has 0 aliphatic rings. The molecule has 0 radical (unpaired) electrons. The number of benzene rings is 1. The zero-order chi connectivity index (χ0) is 13.0. The molecule has 6 heteroatoms. The predicted octanol–water partition coefficient (Wildman–Crippen LogP) is 2.74. The summed E-state index contributed by atoms with van der Waals surface area (Å²) in [7, 11) is 0. The molecule has 1 aromatic carbocycles. The SMILES string of the molecule is CCOC(=O)CCc1cc(F)c(F)c(F)c1F. The fraction of sp³-hybridized carbons (Fsp3) is 0.364.